The summed E-state index contributed by atoms with van der Waals surface area (Å²) in [5.74, 6) is 0. The Hall–Kier alpha value is -1.62. The van der Waals surface area contributed by atoms with Gasteiger partial charge in [0, 0.05) is 42.8 Å². The fraction of sp³-hybridized carbons (Fsp3) is 0.278. The van der Waals surface area contributed by atoms with E-state index in [0.717, 1.165) is 11.3 Å². The normalized spacial score (nSPS) is 14.5. The Morgan fingerprint density at radius 3 is 2.40 bits per heavy atom. The van der Waals surface area contributed by atoms with E-state index in [9.17, 15) is 4.79 Å². The Morgan fingerprint density at radius 2 is 1.68 bits per heavy atom. The fourth-order valence-corrected chi connectivity index (χ4v) is 3.41. The number of carbonyl (C=O) groups excluding carboxylic acids is 1. The Bertz CT molecular complexity index is 761. The molecule has 0 saturated carbocycles. The minimum absolute atomic E-state index is 0.0863. The summed E-state index contributed by atoms with van der Waals surface area (Å²) in [5.41, 5.74) is 1.81. The van der Waals surface area contributed by atoms with Crippen molar-refractivity contribution in [2.24, 2.45) is 0 Å². The van der Waals surface area contributed by atoms with Gasteiger partial charge in [-0.2, -0.15) is 0 Å². The third-order valence-corrected chi connectivity index (χ3v) is 5.13. The molecule has 0 unspecified atom stereocenters. The van der Waals surface area contributed by atoms with Crippen molar-refractivity contribution in [1.82, 2.24) is 10.2 Å². The zero-order valence-corrected chi connectivity index (χ0v) is 15.8. The maximum Gasteiger partial charge on any atom is 0.317 e. The number of hydrogen-bond donors (Lipinski definition) is 1. The van der Waals surface area contributed by atoms with Gasteiger partial charge >= 0.3 is 6.03 Å². The van der Waals surface area contributed by atoms with Gasteiger partial charge in [0.2, 0.25) is 0 Å². The smallest absolute Gasteiger partial charge is 0.317 e. The maximum absolute atomic E-state index is 12.4. The van der Waals surface area contributed by atoms with Crippen LogP contribution in [0.3, 0.4) is 0 Å². The minimum atomic E-state index is -0.0863. The van der Waals surface area contributed by atoms with E-state index in [0.29, 0.717) is 47.8 Å². The third-order valence-electron chi connectivity index (χ3n) is 4.20. The van der Waals surface area contributed by atoms with Gasteiger partial charge in [0.15, 0.2) is 0 Å². The number of hydrogen-bond acceptors (Lipinski definition) is 2. The molecule has 2 amide bonds. The highest BCUT2D eigenvalue weighted by Gasteiger charge is 2.22. The second-order valence-electron chi connectivity index (χ2n) is 5.82. The van der Waals surface area contributed by atoms with E-state index in [-0.39, 0.29) is 6.03 Å². The molecule has 4 nitrogen and oxygen atoms in total. The Morgan fingerprint density at radius 1 is 0.960 bits per heavy atom. The SMILES string of the molecule is O=C(NCc1ccccc1Cl)N1CCN(c2cc(Cl)ccc2Cl)CC1. The molecule has 0 bridgehead atoms. The van der Waals surface area contributed by atoms with Gasteiger partial charge in [-0.3, -0.25) is 0 Å². The van der Waals surface area contributed by atoms with Crippen molar-refractivity contribution in [2.45, 2.75) is 6.54 Å². The van der Waals surface area contributed by atoms with Gasteiger partial charge in [-0.05, 0) is 29.8 Å². The standard InChI is InChI=1S/C18H18Cl3N3O/c19-14-5-6-16(21)17(11-14)23-7-9-24(10-8-23)18(25)22-12-13-3-1-2-4-15(13)20/h1-6,11H,7-10,12H2,(H,22,25). The molecule has 0 atom stereocenters. The number of anilines is 1. The minimum Gasteiger partial charge on any atom is -0.367 e. The molecule has 0 spiro atoms. The number of halogens is 3. The number of nitrogens with zero attached hydrogens (tertiary/aromatic N) is 2. The molecule has 7 heteroatoms. The van der Waals surface area contributed by atoms with Gasteiger partial charge in [0.25, 0.3) is 0 Å². The molecule has 3 rings (SSSR count). The van der Waals surface area contributed by atoms with Gasteiger partial charge in [0.1, 0.15) is 0 Å². The van der Waals surface area contributed by atoms with Crippen molar-refractivity contribution >= 4 is 46.5 Å². The average Bonchev–Trinajstić information content (AvgIpc) is 2.63. The number of nitrogens with one attached hydrogen (secondary N) is 1. The summed E-state index contributed by atoms with van der Waals surface area (Å²) < 4.78 is 0. The lowest BCUT2D eigenvalue weighted by molar-refractivity contribution is 0.194. The molecule has 2 aromatic carbocycles. The van der Waals surface area contributed by atoms with Crippen LogP contribution < -0.4 is 10.2 Å². The van der Waals surface area contributed by atoms with E-state index in [1.165, 1.54) is 0 Å². The summed E-state index contributed by atoms with van der Waals surface area (Å²) in [5, 5.41) is 4.90. The molecule has 1 aliphatic rings. The molecule has 25 heavy (non-hydrogen) atoms. The Balaban J connectivity index is 1.54. The first-order valence-electron chi connectivity index (χ1n) is 8.01. The molecule has 0 aromatic heterocycles. The largest absolute Gasteiger partial charge is 0.367 e. The Kier molecular flexibility index (Phi) is 5.94. The van der Waals surface area contributed by atoms with Crippen molar-refractivity contribution in [3.8, 4) is 0 Å². The summed E-state index contributed by atoms with van der Waals surface area (Å²) in [7, 11) is 0. The number of piperazine rings is 1. The Labute approximate surface area is 162 Å². The van der Waals surface area contributed by atoms with E-state index < -0.39 is 0 Å². The zero-order valence-electron chi connectivity index (χ0n) is 13.5. The number of amides is 2. The van der Waals surface area contributed by atoms with Crippen LogP contribution >= 0.6 is 34.8 Å². The van der Waals surface area contributed by atoms with Gasteiger partial charge in [-0.15, -0.1) is 0 Å². The first-order chi connectivity index (χ1) is 12.0. The number of urea groups is 1. The molecule has 0 aliphatic carbocycles. The summed E-state index contributed by atoms with van der Waals surface area (Å²) in [6.45, 7) is 3.08. The van der Waals surface area contributed by atoms with E-state index in [2.05, 4.69) is 10.2 Å². The first kappa shape index (κ1) is 18.2. The van der Waals surface area contributed by atoms with Crippen LogP contribution in [0.4, 0.5) is 10.5 Å². The molecule has 1 fully saturated rings. The van der Waals surface area contributed by atoms with Crippen LogP contribution in [0.1, 0.15) is 5.56 Å². The fourth-order valence-electron chi connectivity index (χ4n) is 2.80. The summed E-state index contributed by atoms with van der Waals surface area (Å²) in [6.07, 6.45) is 0. The molecule has 1 heterocycles. The highest BCUT2D eigenvalue weighted by Crippen LogP contribution is 2.29. The van der Waals surface area contributed by atoms with Crippen LogP contribution in [0.25, 0.3) is 0 Å². The first-order valence-corrected chi connectivity index (χ1v) is 9.14. The van der Waals surface area contributed by atoms with Gasteiger partial charge in [0.05, 0.1) is 10.7 Å². The van der Waals surface area contributed by atoms with Crippen LogP contribution in [0.2, 0.25) is 15.1 Å². The lowest BCUT2D eigenvalue weighted by atomic mass is 10.2. The second-order valence-corrected chi connectivity index (χ2v) is 7.07. The topological polar surface area (TPSA) is 35.6 Å². The molecule has 132 valence electrons. The van der Waals surface area contributed by atoms with Gasteiger partial charge in [-0.25, -0.2) is 4.79 Å². The van der Waals surface area contributed by atoms with Crippen LogP contribution in [0.15, 0.2) is 42.5 Å². The predicted molar refractivity (Wildman–Crippen MR) is 104 cm³/mol. The van der Waals surface area contributed by atoms with Gasteiger partial charge < -0.3 is 15.1 Å². The second kappa shape index (κ2) is 8.17. The van der Waals surface area contributed by atoms with E-state index in [4.69, 9.17) is 34.8 Å². The zero-order chi connectivity index (χ0) is 17.8. The lowest BCUT2D eigenvalue weighted by Gasteiger charge is -2.36. The molecule has 1 N–H and O–H groups in total. The summed E-state index contributed by atoms with van der Waals surface area (Å²) >= 11 is 18.4. The number of benzene rings is 2. The number of carbonyl (C=O) groups is 1. The molecule has 1 aliphatic heterocycles. The highest BCUT2D eigenvalue weighted by molar-refractivity contribution is 6.35. The quantitative estimate of drug-likeness (QED) is 0.815. The third kappa shape index (κ3) is 4.51. The molecule has 1 saturated heterocycles. The van der Waals surface area contributed by atoms with Crippen molar-refractivity contribution < 1.29 is 4.79 Å². The van der Waals surface area contributed by atoms with Crippen molar-refractivity contribution in [2.75, 3.05) is 31.1 Å². The number of rotatable bonds is 3. The lowest BCUT2D eigenvalue weighted by Crippen LogP contribution is -2.51. The maximum atomic E-state index is 12.4. The van der Waals surface area contributed by atoms with Crippen LogP contribution in [-0.4, -0.2) is 37.1 Å². The van der Waals surface area contributed by atoms with Crippen molar-refractivity contribution in [1.29, 1.82) is 0 Å². The molecule has 0 radical (unpaired) electrons. The summed E-state index contributed by atoms with van der Waals surface area (Å²) in [4.78, 5) is 16.3. The van der Waals surface area contributed by atoms with E-state index in [1.54, 1.807) is 17.0 Å². The van der Waals surface area contributed by atoms with E-state index >= 15 is 0 Å². The molecular formula is C18H18Cl3N3O. The highest BCUT2D eigenvalue weighted by atomic mass is 35.5. The predicted octanol–water partition coefficient (Wildman–Crippen LogP) is 4.68. The van der Waals surface area contributed by atoms with Crippen LogP contribution in [-0.2, 0) is 6.54 Å². The monoisotopic (exact) mass is 397 g/mol. The molecule has 2 aromatic rings. The van der Waals surface area contributed by atoms with Crippen molar-refractivity contribution in [3.05, 3.63) is 63.1 Å². The summed E-state index contributed by atoms with van der Waals surface area (Å²) in [6, 6.07) is 12.8. The molecular weight excluding hydrogens is 381 g/mol. The van der Waals surface area contributed by atoms with Gasteiger partial charge in [-0.1, -0.05) is 53.0 Å². The van der Waals surface area contributed by atoms with E-state index in [1.807, 2.05) is 30.3 Å². The van der Waals surface area contributed by atoms with Crippen molar-refractivity contribution in [3.63, 3.8) is 0 Å². The van der Waals surface area contributed by atoms with Crippen LogP contribution in [0, 0.1) is 0 Å². The average molecular weight is 399 g/mol. The van der Waals surface area contributed by atoms with Crippen LogP contribution in [0.5, 0.6) is 0 Å².